The Labute approximate surface area is 341 Å². The fourth-order valence-corrected chi connectivity index (χ4v) is 5.95. The number of nitrogens with one attached hydrogen (secondary N) is 1. The van der Waals surface area contributed by atoms with Gasteiger partial charge in [-0.15, -0.1) is 12.4 Å². The molecular formula is C42H34Cl2F6N8. The second kappa shape index (κ2) is 19.0. The molecule has 7 rings (SSSR count). The van der Waals surface area contributed by atoms with Gasteiger partial charge in [-0.05, 0) is 82.7 Å². The van der Waals surface area contributed by atoms with Crippen LogP contribution >= 0.6 is 24.0 Å². The van der Waals surface area contributed by atoms with Gasteiger partial charge in [-0.1, -0.05) is 61.5 Å². The molecule has 0 aliphatic carbocycles. The molecule has 4 aromatic heterocycles. The van der Waals surface area contributed by atoms with Crippen LogP contribution in [0.1, 0.15) is 29.7 Å². The Morgan fingerprint density at radius 2 is 1.10 bits per heavy atom. The molecule has 0 radical (unpaired) electrons. The topological polar surface area (TPSA) is 115 Å². The minimum absolute atomic E-state index is 0. The molecule has 58 heavy (non-hydrogen) atoms. The average molecular weight is 836 g/mol. The van der Waals surface area contributed by atoms with Crippen molar-refractivity contribution in [3.05, 3.63) is 162 Å². The number of halogens is 8. The Morgan fingerprint density at radius 1 is 0.621 bits per heavy atom. The van der Waals surface area contributed by atoms with Crippen molar-refractivity contribution in [3.63, 3.8) is 0 Å². The largest absolute Gasteiger partial charge is 0.416 e. The molecule has 8 nitrogen and oxygen atoms in total. The number of pyridine rings is 2. The number of nitrogens with zero attached hydrogens (tertiary/aromatic N) is 6. The zero-order chi connectivity index (χ0) is 40.6. The summed E-state index contributed by atoms with van der Waals surface area (Å²) in [5.74, 6) is 0.452. The number of alkyl halides is 6. The van der Waals surface area contributed by atoms with Crippen LogP contribution in [0.25, 0.3) is 44.8 Å². The highest BCUT2D eigenvalue weighted by Crippen LogP contribution is 2.37. The second-order valence-corrected chi connectivity index (χ2v) is 13.1. The van der Waals surface area contributed by atoms with Gasteiger partial charge in [0.15, 0.2) is 0 Å². The summed E-state index contributed by atoms with van der Waals surface area (Å²) in [4.78, 5) is 25.0. The summed E-state index contributed by atoms with van der Waals surface area (Å²) in [7, 11) is 0. The van der Waals surface area contributed by atoms with Crippen LogP contribution in [0.5, 0.6) is 0 Å². The summed E-state index contributed by atoms with van der Waals surface area (Å²) in [5.41, 5.74) is 10.1. The summed E-state index contributed by atoms with van der Waals surface area (Å²) >= 11 is 5.84. The van der Waals surface area contributed by atoms with Crippen molar-refractivity contribution in [1.82, 2.24) is 29.9 Å². The lowest BCUT2D eigenvalue weighted by Crippen LogP contribution is -2.25. The van der Waals surface area contributed by atoms with Crippen molar-refractivity contribution in [2.75, 3.05) is 11.9 Å². The Kier molecular flexibility index (Phi) is 14.1. The van der Waals surface area contributed by atoms with Gasteiger partial charge in [-0.3, -0.25) is 9.97 Å². The SMILES string of the molecule is C[C@@H](CNc1ncc(-c2cccc(C(F)(F)F)c2)c(-c2ccncc2)n1)[C@H](N)c1ccccc1.Cl.FC(F)(F)c1cccc(-c2cnc(Cl)nc2-c2ccncc2)c1. The molecule has 16 heteroatoms. The van der Waals surface area contributed by atoms with Crippen molar-refractivity contribution in [3.8, 4) is 44.8 Å². The number of rotatable bonds is 9. The maximum Gasteiger partial charge on any atom is 0.416 e. The van der Waals surface area contributed by atoms with E-state index in [9.17, 15) is 26.3 Å². The van der Waals surface area contributed by atoms with Crippen LogP contribution in [-0.4, -0.2) is 36.4 Å². The molecule has 0 spiro atoms. The van der Waals surface area contributed by atoms with Crippen LogP contribution in [-0.2, 0) is 12.4 Å². The van der Waals surface area contributed by atoms with E-state index in [0.717, 1.165) is 35.4 Å². The van der Waals surface area contributed by atoms with Crippen molar-refractivity contribution in [2.24, 2.45) is 11.7 Å². The monoisotopic (exact) mass is 834 g/mol. The molecule has 7 aromatic rings. The zero-order valence-electron chi connectivity index (χ0n) is 30.5. The van der Waals surface area contributed by atoms with Crippen LogP contribution in [0.3, 0.4) is 0 Å². The van der Waals surface area contributed by atoms with Crippen molar-refractivity contribution >= 4 is 30.0 Å². The van der Waals surface area contributed by atoms with Crippen molar-refractivity contribution in [2.45, 2.75) is 25.3 Å². The molecule has 0 saturated carbocycles. The molecule has 0 fully saturated rings. The maximum absolute atomic E-state index is 13.3. The predicted molar refractivity (Wildman–Crippen MR) is 215 cm³/mol. The fourth-order valence-electron chi connectivity index (χ4n) is 5.82. The second-order valence-electron chi connectivity index (χ2n) is 12.8. The standard InChI is InChI=1S/C26H24F3N5.C16H9ClF3N3.ClH/c1-17(23(30)18-6-3-2-4-7-18)15-32-25-33-16-22(24(34-25)19-10-12-31-13-11-19)20-8-5-9-21(14-20)26(27,28)29;17-15-22-9-13(14(23-15)10-4-6-21-7-5-10)11-2-1-3-12(8-11)16(18,19)20;/h2-14,16-17,23H,15,30H2,1H3,(H,32,33,34);1-9H;1H/t17-,23-;;/m0../s1. The van der Waals surface area contributed by atoms with Crippen molar-refractivity contribution in [1.29, 1.82) is 0 Å². The van der Waals surface area contributed by atoms with Crippen LogP contribution in [0.2, 0.25) is 5.28 Å². The highest BCUT2D eigenvalue weighted by atomic mass is 35.5. The number of benzene rings is 3. The van der Waals surface area contributed by atoms with E-state index in [0.29, 0.717) is 51.7 Å². The lowest BCUT2D eigenvalue weighted by atomic mass is 9.95. The number of hydrogen-bond donors (Lipinski definition) is 2. The van der Waals surface area contributed by atoms with E-state index in [1.165, 1.54) is 18.3 Å². The highest BCUT2D eigenvalue weighted by Gasteiger charge is 2.32. The first-order valence-electron chi connectivity index (χ1n) is 17.4. The van der Waals surface area contributed by atoms with Gasteiger partial charge in [0.1, 0.15) is 0 Å². The third kappa shape index (κ3) is 10.9. The molecule has 0 aliphatic rings. The van der Waals surface area contributed by atoms with Crippen LogP contribution < -0.4 is 11.1 Å². The summed E-state index contributed by atoms with van der Waals surface area (Å²) < 4.78 is 78.6. The number of aromatic nitrogens is 6. The first-order valence-corrected chi connectivity index (χ1v) is 17.8. The number of nitrogens with two attached hydrogens (primary N) is 1. The van der Waals surface area contributed by atoms with E-state index in [1.807, 2.05) is 37.3 Å². The summed E-state index contributed by atoms with van der Waals surface area (Å²) in [5, 5.41) is 3.24. The average Bonchev–Trinajstić information content (AvgIpc) is 3.23. The van der Waals surface area contributed by atoms with Crippen LogP contribution in [0, 0.1) is 5.92 Å². The fraction of sp³-hybridized carbons (Fsp3) is 0.143. The first kappa shape index (κ1) is 43.2. The minimum Gasteiger partial charge on any atom is -0.354 e. The molecule has 4 heterocycles. The maximum atomic E-state index is 13.3. The van der Waals surface area contributed by atoms with E-state index < -0.39 is 23.5 Å². The lowest BCUT2D eigenvalue weighted by Gasteiger charge is -2.21. The molecule has 0 aliphatic heterocycles. The molecular weight excluding hydrogens is 801 g/mol. The van der Waals surface area contributed by atoms with Gasteiger partial charge < -0.3 is 11.1 Å². The molecule has 0 saturated heterocycles. The highest BCUT2D eigenvalue weighted by molar-refractivity contribution is 6.28. The van der Waals surface area contributed by atoms with E-state index in [1.54, 1.807) is 67.4 Å². The molecule has 2 atom stereocenters. The van der Waals surface area contributed by atoms with Gasteiger partial charge in [-0.2, -0.15) is 26.3 Å². The van der Waals surface area contributed by atoms with E-state index >= 15 is 0 Å². The van der Waals surface area contributed by atoms with Crippen LogP contribution in [0.15, 0.2) is 140 Å². The molecule has 3 aromatic carbocycles. The van der Waals surface area contributed by atoms with Gasteiger partial charge in [0, 0.05) is 72.0 Å². The van der Waals surface area contributed by atoms with Crippen molar-refractivity contribution < 1.29 is 26.3 Å². The Morgan fingerprint density at radius 3 is 1.60 bits per heavy atom. The summed E-state index contributed by atoms with van der Waals surface area (Å²) in [6.45, 7) is 2.56. The zero-order valence-corrected chi connectivity index (χ0v) is 32.0. The lowest BCUT2D eigenvalue weighted by molar-refractivity contribution is -0.138. The third-order valence-corrected chi connectivity index (χ3v) is 9.02. The first-order chi connectivity index (χ1) is 27.3. The Hall–Kier alpha value is -5.96. The number of anilines is 1. The van der Waals surface area contributed by atoms with Gasteiger partial charge >= 0.3 is 12.4 Å². The molecule has 0 unspecified atom stereocenters. The van der Waals surface area contributed by atoms with Gasteiger partial charge in [0.2, 0.25) is 11.2 Å². The molecule has 298 valence electrons. The minimum atomic E-state index is -4.44. The Balaban J connectivity index is 0.000000233. The normalized spacial score (nSPS) is 12.4. The van der Waals surface area contributed by atoms with Gasteiger partial charge in [-0.25, -0.2) is 19.9 Å². The summed E-state index contributed by atoms with van der Waals surface area (Å²) in [6, 6.07) is 26.8. The molecule has 0 amide bonds. The Bertz CT molecular complexity index is 2400. The predicted octanol–water partition coefficient (Wildman–Crippen LogP) is 11.3. The van der Waals surface area contributed by atoms with Gasteiger partial charge in [0.25, 0.3) is 0 Å². The van der Waals surface area contributed by atoms with E-state index in [2.05, 4.69) is 35.2 Å². The third-order valence-electron chi connectivity index (χ3n) is 8.84. The van der Waals surface area contributed by atoms with Gasteiger partial charge in [0.05, 0.1) is 22.5 Å². The molecule has 0 bridgehead atoms. The van der Waals surface area contributed by atoms with Crippen LogP contribution in [0.4, 0.5) is 32.3 Å². The van der Waals surface area contributed by atoms with E-state index in [-0.39, 0.29) is 29.7 Å². The quantitative estimate of drug-likeness (QED) is 0.109. The summed E-state index contributed by atoms with van der Waals surface area (Å²) in [6.07, 6.45) is 0.470. The number of hydrogen-bond acceptors (Lipinski definition) is 8. The van der Waals surface area contributed by atoms with E-state index in [4.69, 9.17) is 17.3 Å². The smallest absolute Gasteiger partial charge is 0.354 e. The molecule has 3 N–H and O–H groups in total.